The van der Waals surface area contributed by atoms with Gasteiger partial charge in [-0.15, -0.1) is 0 Å². The molecule has 136 valence electrons. The predicted octanol–water partition coefficient (Wildman–Crippen LogP) is 1.57. The van der Waals surface area contributed by atoms with E-state index in [0.29, 0.717) is 19.5 Å². The summed E-state index contributed by atoms with van der Waals surface area (Å²) in [5.74, 6) is -0.462. The fraction of sp³-hybridized carbons (Fsp3) is 0.333. The minimum atomic E-state index is -0.438. The highest BCUT2D eigenvalue weighted by molar-refractivity contribution is 5.83. The van der Waals surface area contributed by atoms with Gasteiger partial charge in [-0.3, -0.25) is 14.5 Å². The van der Waals surface area contributed by atoms with Crippen LogP contribution in [0.4, 0.5) is 0 Å². The van der Waals surface area contributed by atoms with Gasteiger partial charge in [0.15, 0.2) is 0 Å². The molecule has 1 aliphatic rings. The minimum Gasteiger partial charge on any atom is -0.368 e. The lowest BCUT2D eigenvalue weighted by molar-refractivity contribution is -0.127. The Bertz CT molecular complexity index is 803. The van der Waals surface area contributed by atoms with Gasteiger partial charge in [-0.1, -0.05) is 48.5 Å². The molecule has 0 bridgehead atoms. The van der Waals surface area contributed by atoms with Crippen LogP contribution in [0.5, 0.6) is 0 Å². The SMILES string of the molecule is Cc1ccccc1CCNC(=O)CN1Cc2ccccc2C[C@H]1C(N)=O. The lowest BCUT2D eigenvalue weighted by atomic mass is 9.93. The van der Waals surface area contributed by atoms with E-state index in [2.05, 4.69) is 24.4 Å². The van der Waals surface area contributed by atoms with Crippen molar-refractivity contribution in [3.8, 4) is 0 Å². The van der Waals surface area contributed by atoms with Gasteiger partial charge in [0.1, 0.15) is 0 Å². The van der Waals surface area contributed by atoms with E-state index in [4.69, 9.17) is 5.73 Å². The molecular formula is C21H25N3O2. The van der Waals surface area contributed by atoms with E-state index in [-0.39, 0.29) is 18.4 Å². The zero-order valence-electron chi connectivity index (χ0n) is 15.1. The molecule has 0 radical (unpaired) electrons. The van der Waals surface area contributed by atoms with Crippen molar-refractivity contribution in [3.63, 3.8) is 0 Å². The first kappa shape index (κ1) is 18.1. The van der Waals surface area contributed by atoms with Crippen LogP contribution < -0.4 is 11.1 Å². The number of carbonyl (C=O) groups excluding carboxylic acids is 2. The third kappa shape index (κ3) is 4.29. The van der Waals surface area contributed by atoms with Crippen molar-refractivity contribution in [2.75, 3.05) is 13.1 Å². The van der Waals surface area contributed by atoms with E-state index in [1.165, 1.54) is 11.1 Å². The van der Waals surface area contributed by atoms with Crippen LogP contribution in [0.3, 0.4) is 0 Å². The summed E-state index contributed by atoms with van der Waals surface area (Å²) in [6, 6.07) is 15.7. The number of rotatable bonds is 6. The average molecular weight is 351 g/mol. The van der Waals surface area contributed by atoms with Crippen LogP contribution in [0, 0.1) is 6.92 Å². The fourth-order valence-corrected chi connectivity index (χ4v) is 3.49. The minimum absolute atomic E-state index is 0.0794. The van der Waals surface area contributed by atoms with Crippen molar-refractivity contribution in [3.05, 3.63) is 70.8 Å². The number of hydrogen-bond acceptors (Lipinski definition) is 3. The lowest BCUT2D eigenvalue weighted by Crippen LogP contribution is -2.51. The molecule has 2 aromatic rings. The Morgan fingerprint density at radius 3 is 2.54 bits per heavy atom. The van der Waals surface area contributed by atoms with Gasteiger partial charge in [0.2, 0.25) is 11.8 Å². The van der Waals surface area contributed by atoms with Crippen LogP contribution in [-0.2, 0) is 29.0 Å². The number of aryl methyl sites for hydroxylation is 1. The maximum Gasteiger partial charge on any atom is 0.235 e. The molecular weight excluding hydrogens is 326 g/mol. The molecule has 3 N–H and O–H groups in total. The Balaban J connectivity index is 1.57. The van der Waals surface area contributed by atoms with Crippen molar-refractivity contribution in [2.45, 2.75) is 32.4 Å². The van der Waals surface area contributed by atoms with Crippen molar-refractivity contribution in [1.82, 2.24) is 10.2 Å². The highest BCUT2D eigenvalue weighted by atomic mass is 16.2. The van der Waals surface area contributed by atoms with E-state index < -0.39 is 6.04 Å². The fourth-order valence-electron chi connectivity index (χ4n) is 3.49. The maximum atomic E-state index is 12.4. The Morgan fingerprint density at radius 2 is 1.81 bits per heavy atom. The summed E-state index contributed by atoms with van der Waals surface area (Å²) in [6.45, 7) is 3.39. The highest BCUT2D eigenvalue weighted by Gasteiger charge is 2.30. The predicted molar refractivity (Wildman–Crippen MR) is 101 cm³/mol. The van der Waals surface area contributed by atoms with Crippen LogP contribution in [0.2, 0.25) is 0 Å². The second kappa shape index (κ2) is 8.15. The molecule has 0 aromatic heterocycles. The summed E-state index contributed by atoms with van der Waals surface area (Å²) in [5, 5.41) is 2.96. The summed E-state index contributed by atoms with van der Waals surface area (Å²) in [5.41, 5.74) is 10.3. The van der Waals surface area contributed by atoms with Crippen LogP contribution >= 0.6 is 0 Å². The van der Waals surface area contributed by atoms with E-state index in [0.717, 1.165) is 17.5 Å². The van der Waals surface area contributed by atoms with Gasteiger partial charge < -0.3 is 11.1 Å². The number of nitrogens with one attached hydrogen (secondary N) is 1. The Hall–Kier alpha value is -2.66. The van der Waals surface area contributed by atoms with Gasteiger partial charge in [-0.2, -0.15) is 0 Å². The van der Waals surface area contributed by atoms with Crippen molar-refractivity contribution in [1.29, 1.82) is 0 Å². The van der Waals surface area contributed by atoms with Gasteiger partial charge in [0, 0.05) is 13.1 Å². The van der Waals surface area contributed by atoms with Crippen molar-refractivity contribution < 1.29 is 9.59 Å². The number of nitrogens with two attached hydrogens (primary N) is 1. The molecule has 0 fully saturated rings. The van der Waals surface area contributed by atoms with Crippen LogP contribution in [0.25, 0.3) is 0 Å². The molecule has 26 heavy (non-hydrogen) atoms. The maximum absolute atomic E-state index is 12.4. The van der Waals surface area contributed by atoms with E-state index in [1.807, 2.05) is 41.3 Å². The van der Waals surface area contributed by atoms with Gasteiger partial charge in [-0.25, -0.2) is 0 Å². The third-order valence-corrected chi connectivity index (χ3v) is 5.00. The Labute approximate surface area is 154 Å². The van der Waals surface area contributed by atoms with Gasteiger partial charge in [-0.05, 0) is 42.0 Å². The number of benzene rings is 2. The van der Waals surface area contributed by atoms with Gasteiger partial charge >= 0.3 is 0 Å². The molecule has 3 rings (SSSR count). The number of amides is 2. The Kier molecular flexibility index (Phi) is 5.68. The topological polar surface area (TPSA) is 75.4 Å². The number of carbonyl (C=O) groups is 2. The summed E-state index contributed by atoms with van der Waals surface area (Å²) in [4.78, 5) is 26.1. The molecule has 1 atom stereocenters. The second-order valence-electron chi connectivity index (χ2n) is 6.82. The smallest absolute Gasteiger partial charge is 0.235 e. The molecule has 0 aliphatic carbocycles. The zero-order valence-corrected chi connectivity index (χ0v) is 15.1. The quantitative estimate of drug-likeness (QED) is 0.829. The number of nitrogens with zero attached hydrogens (tertiary/aromatic N) is 1. The van der Waals surface area contributed by atoms with Gasteiger partial charge in [0.05, 0.1) is 12.6 Å². The van der Waals surface area contributed by atoms with Crippen LogP contribution in [0.15, 0.2) is 48.5 Å². The highest BCUT2D eigenvalue weighted by Crippen LogP contribution is 2.22. The molecule has 2 aromatic carbocycles. The van der Waals surface area contributed by atoms with Gasteiger partial charge in [0.25, 0.3) is 0 Å². The van der Waals surface area contributed by atoms with E-state index in [9.17, 15) is 9.59 Å². The average Bonchev–Trinajstić information content (AvgIpc) is 2.62. The monoisotopic (exact) mass is 351 g/mol. The molecule has 0 saturated heterocycles. The van der Waals surface area contributed by atoms with E-state index >= 15 is 0 Å². The number of hydrogen-bond donors (Lipinski definition) is 2. The number of primary amides is 1. The first-order chi connectivity index (χ1) is 12.5. The summed E-state index contributed by atoms with van der Waals surface area (Å²) < 4.78 is 0. The molecule has 0 unspecified atom stereocenters. The second-order valence-corrected chi connectivity index (χ2v) is 6.82. The largest absolute Gasteiger partial charge is 0.368 e. The normalized spacial score (nSPS) is 16.7. The molecule has 5 heteroatoms. The summed E-state index contributed by atoms with van der Waals surface area (Å²) in [6.07, 6.45) is 1.35. The molecule has 0 spiro atoms. The Morgan fingerprint density at radius 1 is 1.12 bits per heavy atom. The first-order valence-electron chi connectivity index (χ1n) is 8.96. The standard InChI is InChI=1S/C21H25N3O2/c1-15-6-2-3-7-16(15)10-11-23-20(25)14-24-13-18-9-5-4-8-17(18)12-19(24)21(22)26/h2-9,19H,10-14H2,1H3,(H2,22,26)(H,23,25)/t19-/m0/s1. The van der Waals surface area contributed by atoms with E-state index in [1.54, 1.807) is 0 Å². The van der Waals surface area contributed by atoms with Crippen LogP contribution in [-0.4, -0.2) is 35.8 Å². The third-order valence-electron chi connectivity index (χ3n) is 5.00. The molecule has 5 nitrogen and oxygen atoms in total. The van der Waals surface area contributed by atoms with Crippen LogP contribution in [0.1, 0.15) is 22.3 Å². The molecule has 1 heterocycles. The molecule has 0 saturated carbocycles. The lowest BCUT2D eigenvalue weighted by Gasteiger charge is -2.34. The summed E-state index contributed by atoms with van der Waals surface area (Å²) in [7, 11) is 0. The van der Waals surface area contributed by atoms with Crippen molar-refractivity contribution >= 4 is 11.8 Å². The molecule has 1 aliphatic heterocycles. The molecule has 2 amide bonds. The summed E-state index contributed by atoms with van der Waals surface area (Å²) >= 11 is 0. The zero-order chi connectivity index (χ0) is 18.5. The first-order valence-corrected chi connectivity index (χ1v) is 8.96. The van der Waals surface area contributed by atoms with Crippen molar-refractivity contribution in [2.24, 2.45) is 5.73 Å². The number of fused-ring (bicyclic) bond motifs is 1.